The topological polar surface area (TPSA) is 55.4 Å². The van der Waals surface area contributed by atoms with Gasteiger partial charge in [-0.3, -0.25) is 0 Å². The minimum atomic E-state index is -3.12. The van der Waals surface area contributed by atoms with Crippen molar-refractivity contribution in [1.29, 1.82) is 0 Å². The Balaban J connectivity index is 0. The van der Waals surface area contributed by atoms with Crippen LogP contribution in [0.15, 0.2) is 91.0 Å². The lowest BCUT2D eigenvalue weighted by atomic mass is 10.4. The Labute approximate surface area is 309 Å². The molecule has 0 spiro atoms. The van der Waals surface area contributed by atoms with Crippen LogP contribution in [0.5, 0.6) is 0 Å². The second-order valence-electron chi connectivity index (χ2n) is 14.1. The molecule has 0 aromatic heterocycles. The normalized spacial score (nSPS) is 12.6. The van der Waals surface area contributed by atoms with Crippen molar-refractivity contribution in [3.05, 3.63) is 91.0 Å². The summed E-state index contributed by atoms with van der Waals surface area (Å²) in [6.07, 6.45) is 0. The number of hydrogen-bond donors (Lipinski definition) is 0. The van der Waals surface area contributed by atoms with Gasteiger partial charge in [0.1, 0.15) is 0 Å². The van der Waals surface area contributed by atoms with E-state index in [9.17, 15) is 0 Å². The molecule has 49 heavy (non-hydrogen) atoms. The standard InChI is InChI=1S/C33H56O6Si6.4CH4/c1-34-44(35-2,36-3)30-29-41(6,7)37-40(4,5)27-28-42(8,9)38-45(32-23-17-13-18-24-32,33-25-19-14-20-26-33)39-43(10,11)31-21-15-12-16-22-31;;;;/h12-26H,27-30H2,1-11H3;4*1H4. The maximum atomic E-state index is 7.64. The first kappa shape index (κ1) is 49.8. The first-order valence-corrected chi connectivity index (χ1v) is 32.0. The Morgan fingerprint density at radius 3 is 1.04 bits per heavy atom. The van der Waals surface area contributed by atoms with E-state index in [2.05, 4.69) is 143 Å². The van der Waals surface area contributed by atoms with Gasteiger partial charge in [0.05, 0.1) is 0 Å². The molecule has 0 saturated heterocycles. The van der Waals surface area contributed by atoms with Crippen molar-refractivity contribution in [3.63, 3.8) is 0 Å². The van der Waals surface area contributed by atoms with Crippen molar-refractivity contribution >= 4 is 66.2 Å². The van der Waals surface area contributed by atoms with Crippen molar-refractivity contribution in [2.45, 2.75) is 106 Å². The van der Waals surface area contributed by atoms with Crippen LogP contribution in [-0.4, -0.2) is 72.0 Å². The molecule has 3 rings (SSSR count). The summed E-state index contributed by atoms with van der Waals surface area (Å²) in [5.74, 6) is 0. The van der Waals surface area contributed by atoms with Gasteiger partial charge in [0.15, 0.2) is 25.0 Å². The quantitative estimate of drug-likeness (QED) is 0.120. The van der Waals surface area contributed by atoms with E-state index in [1.54, 1.807) is 21.3 Å². The Morgan fingerprint density at radius 2 is 0.694 bits per heavy atom. The van der Waals surface area contributed by atoms with E-state index in [1.165, 1.54) is 5.19 Å². The molecule has 0 aliphatic carbocycles. The van der Waals surface area contributed by atoms with E-state index < -0.39 is 50.6 Å². The molecule has 0 atom stereocenters. The van der Waals surface area contributed by atoms with Crippen LogP contribution in [0.1, 0.15) is 29.7 Å². The zero-order valence-corrected chi connectivity index (χ0v) is 35.4. The SMILES string of the molecule is C.C.C.C.CO[Si](CC[Si](C)(C)O[Si](C)(C)CC[Si](C)(C)O[Si](O[Si](C)(C)c1ccccc1)(c1ccccc1)c1ccccc1)(OC)OC. The van der Waals surface area contributed by atoms with E-state index in [4.69, 9.17) is 25.6 Å². The van der Waals surface area contributed by atoms with Gasteiger partial charge in [-0.05, 0) is 86.1 Å². The van der Waals surface area contributed by atoms with Crippen LogP contribution >= 0.6 is 0 Å². The summed E-state index contributed by atoms with van der Waals surface area (Å²) in [4.78, 5) is 0. The van der Waals surface area contributed by atoms with Gasteiger partial charge < -0.3 is 25.6 Å². The second-order valence-corrected chi connectivity index (χ2v) is 37.7. The van der Waals surface area contributed by atoms with E-state index in [0.29, 0.717) is 0 Å². The molecule has 0 fully saturated rings. The molecule has 12 heteroatoms. The fourth-order valence-electron chi connectivity index (χ4n) is 5.90. The summed E-state index contributed by atoms with van der Waals surface area (Å²) in [5.41, 5.74) is 0. The maximum Gasteiger partial charge on any atom is 0.499 e. The molecule has 0 aliphatic heterocycles. The molecule has 3 aromatic rings. The van der Waals surface area contributed by atoms with Crippen molar-refractivity contribution < 1.29 is 25.6 Å². The average Bonchev–Trinajstić information content (AvgIpc) is 3.01. The summed E-state index contributed by atoms with van der Waals surface area (Å²) < 4.78 is 39.4. The molecule has 0 amide bonds. The number of hydrogen-bond acceptors (Lipinski definition) is 6. The minimum absolute atomic E-state index is 0. The lowest BCUT2D eigenvalue weighted by Crippen LogP contribution is -2.72. The number of rotatable bonds is 18. The molecule has 0 aliphatic rings. The van der Waals surface area contributed by atoms with Crippen LogP contribution < -0.4 is 15.6 Å². The smallest absolute Gasteiger partial charge is 0.456 e. The highest BCUT2D eigenvalue weighted by molar-refractivity contribution is 7.04. The van der Waals surface area contributed by atoms with Gasteiger partial charge in [-0.2, -0.15) is 0 Å². The predicted octanol–water partition coefficient (Wildman–Crippen LogP) is 9.44. The first-order chi connectivity index (χ1) is 21.0. The molecule has 0 bridgehead atoms. The molecule has 280 valence electrons. The van der Waals surface area contributed by atoms with Gasteiger partial charge in [0.25, 0.3) is 0 Å². The van der Waals surface area contributed by atoms with Gasteiger partial charge in [0, 0.05) is 27.4 Å². The second kappa shape index (κ2) is 20.7. The predicted molar refractivity (Wildman–Crippen MR) is 230 cm³/mol. The lowest BCUT2D eigenvalue weighted by Gasteiger charge is -2.44. The van der Waals surface area contributed by atoms with Gasteiger partial charge in [-0.15, -0.1) is 0 Å². The first-order valence-electron chi connectivity index (χ1n) is 16.0. The van der Waals surface area contributed by atoms with E-state index in [1.807, 2.05) is 0 Å². The Kier molecular flexibility index (Phi) is 21.0. The summed E-state index contributed by atoms with van der Waals surface area (Å²) >= 11 is 0. The van der Waals surface area contributed by atoms with Crippen molar-refractivity contribution in [1.82, 2.24) is 0 Å². The van der Waals surface area contributed by atoms with E-state index in [-0.39, 0.29) is 29.7 Å². The fourth-order valence-corrected chi connectivity index (χ4v) is 34.1. The van der Waals surface area contributed by atoms with Crippen molar-refractivity contribution in [2.75, 3.05) is 21.3 Å². The summed E-state index contributed by atoms with van der Waals surface area (Å²) in [6.45, 7) is 18.7. The fraction of sp³-hybridized carbons (Fsp3) is 0.514. The third kappa shape index (κ3) is 14.0. The molecular formula is C37H72O6Si6. The van der Waals surface area contributed by atoms with Crippen LogP contribution in [0.2, 0.25) is 76.6 Å². The largest absolute Gasteiger partial charge is 0.499 e. The van der Waals surface area contributed by atoms with Gasteiger partial charge in [-0.25, -0.2) is 0 Å². The average molecular weight is 781 g/mol. The highest BCUT2D eigenvalue weighted by Gasteiger charge is 2.51. The highest BCUT2D eigenvalue weighted by Crippen LogP contribution is 2.31. The Hall–Kier alpha value is -1.28. The molecule has 0 saturated carbocycles. The zero-order valence-electron chi connectivity index (χ0n) is 29.4. The van der Waals surface area contributed by atoms with Crippen LogP contribution in [-0.2, 0) is 25.6 Å². The van der Waals surface area contributed by atoms with Crippen LogP contribution in [0.3, 0.4) is 0 Å². The van der Waals surface area contributed by atoms with Gasteiger partial charge in [-0.1, -0.05) is 121 Å². The zero-order chi connectivity index (χ0) is 33.4. The lowest BCUT2D eigenvalue weighted by molar-refractivity contribution is 0.125. The summed E-state index contributed by atoms with van der Waals surface area (Å²) in [5, 5.41) is 3.60. The van der Waals surface area contributed by atoms with Gasteiger partial charge in [0.2, 0.25) is 8.32 Å². The van der Waals surface area contributed by atoms with Gasteiger partial charge >= 0.3 is 17.4 Å². The molecule has 0 unspecified atom stereocenters. The molecule has 0 radical (unpaired) electrons. The van der Waals surface area contributed by atoms with Crippen molar-refractivity contribution in [3.8, 4) is 0 Å². The molecular weight excluding hydrogens is 709 g/mol. The Bertz CT molecular complexity index is 1260. The third-order valence-corrected chi connectivity index (χ3v) is 31.4. The van der Waals surface area contributed by atoms with Crippen LogP contribution in [0.4, 0.5) is 0 Å². The summed E-state index contributed by atoms with van der Waals surface area (Å²) in [7, 11) is -9.39. The molecule has 6 nitrogen and oxygen atoms in total. The van der Waals surface area contributed by atoms with Crippen LogP contribution in [0, 0.1) is 0 Å². The summed E-state index contributed by atoms with van der Waals surface area (Å²) in [6, 6.07) is 35.9. The van der Waals surface area contributed by atoms with Crippen LogP contribution in [0.25, 0.3) is 0 Å². The molecule has 0 heterocycles. The third-order valence-electron chi connectivity index (χ3n) is 8.44. The highest BCUT2D eigenvalue weighted by atomic mass is 28.5. The maximum absolute atomic E-state index is 7.64. The van der Waals surface area contributed by atoms with Crippen molar-refractivity contribution in [2.24, 2.45) is 0 Å². The molecule has 0 N–H and O–H groups in total. The van der Waals surface area contributed by atoms with E-state index >= 15 is 0 Å². The Morgan fingerprint density at radius 1 is 0.388 bits per heavy atom. The molecule has 3 aromatic carbocycles. The minimum Gasteiger partial charge on any atom is -0.456 e. The van der Waals surface area contributed by atoms with E-state index in [0.717, 1.165) is 34.5 Å². The monoisotopic (exact) mass is 780 g/mol. The number of benzene rings is 3.